The van der Waals surface area contributed by atoms with Crippen LogP contribution in [0.25, 0.3) is 27.2 Å². The smallest absolute Gasteiger partial charge is 0.211 e. The Bertz CT molecular complexity index is 1120. The second-order valence-electron chi connectivity index (χ2n) is 6.18. The van der Waals surface area contributed by atoms with Crippen LogP contribution in [0, 0.1) is 32.1 Å². The van der Waals surface area contributed by atoms with Crippen molar-refractivity contribution >= 4 is 21.4 Å². The Balaban J connectivity index is 2.03. The van der Waals surface area contributed by atoms with Gasteiger partial charge in [0.15, 0.2) is 5.82 Å². The van der Waals surface area contributed by atoms with Crippen molar-refractivity contribution in [2.24, 2.45) is 0 Å². The molecule has 4 nitrogen and oxygen atoms in total. The van der Waals surface area contributed by atoms with Crippen molar-refractivity contribution in [2.45, 2.75) is 20.8 Å². The van der Waals surface area contributed by atoms with Crippen molar-refractivity contribution in [3.8, 4) is 23.1 Å². The van der Waals surface area contributed by atoms with Crippen LogP contribution in [0.5, 0.6) is 0 Å². The summed E-state index contributed by atoms with van der Waals surface area (Å²) >= 11 is 1.68. The molecule has 0 unspecified atom stereocenters. The first-order valence-corrected chi connectivity index (χ1v) is 8.88. The van der Waals surface area contributed by atoms with E-state index in [2.05, 4.69) is 66.6 Å². The van der Waals surface area contributed by atoms with Gasteiger partial charge in [-0.3, -0.25) is 0 Å². The van der Waals surface area contributed by atoms with Crippen LogP contribution in [0.2, 0.25) is 0 Å². The quantitative estimate of drug-likeness (QED) is 0.517. The summed E-state index contributed by atoms with van der Waals surface area (Å²) in [6.07, 6.45) is 0. The van der Waals surface area contributed by atoms with Crippen LogP contribution in [0.1, 0.15) is 22.5 Å². The third-order valence-electron chi connectivity index (χ3n) is 4.28. The number of thiophene rings is 1. The molecule has 0 amide bonds. The van der Waals surface area contributed by atoms with E-state index in [1.54, 1.807) is 11.3 Å². The zero-order valence-electron chi connectivity index (χ0n) is 14.2. The Morgan fingerprint density at radius 1 is 1.08 bits per heavy atom. The molecular weight excluding hydrogens is 328 g/mol. The summed E-state index contributed by atoms with van der Waals surface area (Å²) in [6, 6.07) is 14.6. The van der Waals surface area contributed by atoms with Gasteiger partial charge in [0.25, 0.3) is 5.82 Å². The SMILES string of the molecule is Cc1cc(C)c(-n2nc(C#N)nc2-c2csc3ccccc23)c(C)c1. The van der Waals surface area contributed by atoms with Crippen LogP contribution in [0.4, 0.5) is 0 Å². The average Bonchev–Trinajstić information content (AvgIpc) is 3.17. The van der Waals surface area contributed by atoms with E-state index < -0.39 is 0 Å². The summed E-state index contributed by atoms with van der Waals surface area (Å²) in [5.74, 6) is 0.897. The van der Waals surface area contributed by atoms with E-state index in [-0.39, 0.29) is 5.82 Å². The maximum absolute atomic E-state index is 9.33. The first-order valence-electron chi connectivity index (χ1n) is 8.00. The van der Waals surface area contributed by atoms with Gasteiger partial charge in [0, 0.05) is 21.0 Å². The van der Waals surface area contributed by atoms with Crippen molar-refractivity contribution in [2.75, 3.05) is 0 Å². The molecule has 0 aliphatic carbocycles. The Hall–Kier alpha value is -2.97. The summed E-state index contributed by atoms with van der Waals surface area (Å²) in [5.41, 5.74) is 5.45. The standard InChI is InChI=1S/C20H16N4S/c1-12-8-13(2)19(14(3)9-12)24-20(22-18(10-21)23-24)16-11-25-17-7-5-4-6-15(16)17/h4-9,11H,1-3H3. The van der Waals surface area contributed by atoms with Crippen molar-refractivity contribution in [3.63, 3.8) is 0 Å². The molecule has 0 atom stereocenters. The predicted molar refractivity (Wildman–Crippen MR) is 101 cm³/mol. The third kappa shape index (κ3) is 2.51. The molecule has 0 bridgehead atoms. The number of benzene rings is 2. The van der Waals surface area contributed by atoms with E-state index in [1.807, 2.05) is 16.8 Å². The minimum Gasteiger partial charge on any atom is -0.211 e. The monoisotopic (exact) mass is 344 g/mol. The largest absolute Gasteiger partial charge is 0.253 e. The lowest BCUT2D eigenvalue weighted by atomic mass is 10.0. The second-order valence-corrected chi connectivity index (χ2v) is 7.09. The molecule has 5 heteroatoms. The maximum atomic E-state index is 9.33. The summed E-state index contributed by atoms with van der Waals surface area (Å²) in [5, 5.41) is 17.0. The van der Waals surface area contributed by atoms with Gasteiger partial charge in [0.2, 0.25) is 0 Å². The number of aromatic nitrogens is 3. The Labute approximate surface area is 150 Å². The molecule has 0 saturated carbocycles. The fourth-order valence-electron chi connectivity index (χ4n) is 3.35. The first-order chi connectivity index (χ1) is 12.1. The minimum absolute atomic E-state index is 0.185. The fourth-order valence-corrected chi connectivity index (χ4v) is 4.29. The van der Waals surface area contributed by atoms with E-state index in [1.165, 1.54) is 10.3 Å². The molecule has 4 aromatic rings. The first kappa shape index (κ1) is 15.6. The predicted octanol–water partition coefficient (Wildman–Crippen LogP) is 4.95. The van der Waals surface area contributed by atoms with Gasteiger partial charge in [-0.25, -0.2) is 4.68 Å². The number of hydrogen-bond donors (Lipinski definition) is 0. The lowest BCUT2D eigenvalue weighted by molar-refractivity contribution is 0.865. The number of nitrogens with zero attached hydrogens (tertiary/aromatic N) is 4. The molecule has 4 rings (SSSR count). The normalized spacial score (nSPS) is 11.0. The average molecular weight is 344 g/mol. The Kier molecular flexibility index (Phi) is 3.63. The molecule has 2 aromatic carbocycles. The summed E-state index contributed by atoms with van der Waals surface area (Å²) < 4.78 is 3.01. The highest BCUT2D eigenvalue weighted by Crippen LogP contribution is 2.35. The van der Waals surface area contributed by atoms with Gasteiger partial charge in [-0.15, -0.1) is 16.4 Å². The summed E-state index contributed by atoms with van der Waals surface area (Å²) in [6.45, 7) is 6.22. The van der Waals surface area contributed by atoms with Gasteiger partial charge in [0.05, 0.1) is 5.69 Å². The molecule has 25 heavy (non-hydrogen) atoms. The fraction of sp³-hybridized carbons (Fsp3) is 0.150. The van der Waals surface area contributed by atoms with Crippen molar-refractivity contribution in [3.05, 3.63) is 64.3 Å². The summed E-state index contributed by atoms with van der Waals surface area (Å²) in [7, 11) is 0. The van der Waals surface area contributed by atoms with E-state index in [0.29, 0.717) is 5.82 Å². The lowest BCUT2D eigenvalue weighted by Gasteiger charge is -2.13. The number of nitriles is 1. The molecule has 0 fully saturated rings. The highest BCUT2D eigenvalue weighted by atomic mass is 32.1. The molecule has 2 heterocycles. The van der Waals surface area contributed by atoms with Crippen LogP contribution in [0.15, 0.2) is 41.8 Å². The van der Waals surface area contributed by atoms with Crippen molar-refractivity contribution in [1.82, 2.24) is 14.8 Å². The number of rotatable bonds is 2. The number of aryl methyl sites for hydroxylation is 3. The van der Waals surface area contributed by atoms with Crippen LogP contribution >= 0.6 is 11.3 Å². The van der Waals surface area contributed by atoms with Gasteiger partial charge in [-0.05, 0) is 38.0 Å². The molecule has 0 spiro atoms. The zero-order chi connectivity index (χ0) is 17.6. The molecule has 0 aliphatic heterocycles. The Morgan fingerprint density at radius 3 is 2.52 bits per heavy atom. The third-order valence-corrected chi connectivity index (χ3v) is 5.24. The van der Waals surface area contributed by atoms with Crippen LogP contribution < -0.4 is 0 Å². The highest BCUT2D eigenvalue weighted by molar-refractivity contribution is 7.17. The Morgan fingerprint density at radius 2 is 1.80 bits per heavy atom. The molecule has 0 saturated heterocycles. The molecule has 2 aromatic heterocycles. The van der Waals surface area contributed by atoms with Crippen molar-refractivity contribution in [1.29, 1.82) is 5.26 Å². The van der Waals surface area contributed by atoms with Gasteiger partial charge < -0.3 is 0 Å². The van der Waals surface area contributed by atoms with Crippen LogP contribution in [0.3, 0.4) is 0 Å². The van der Waals surface area contributed by atoms with E-state index in [4.69, 9.17) is 0 Å². The molecule has 0 N–H and O–H groups in total. The molecular formula is C20H16N4S. The van der Waals surface area contributed by atoms with Crippen LogP contribution in [-0.4, -0.2) is 14.8 Å². The zero-order valence-corrected chi connectivity index (χ0v) is 15.1. The minimum atomic E-state index is 0.185. The molecule has 122 valence electrons. The van der Waals surface area contributed by atoms with Gasteiger partial charge in [-0.2, -0.15) is 10.2 Å². The number of fused-ring (bicyclic) bond motifs is 1. The van der Waals surface area contributed by atoms with Crippen molar-refractivity contribution < 1.29 is 0 Å². The maximum Gasteiger partial charge on any atom is 0.253 e. The van der Waals surface area contributed by atoms with Gasteiger partial charge in [0.1, 0.15) is 6.07 Å². The van der Waals surface area contributed by atoms with Crippen LogP contribution in [-0.2, 0) is 0 Å². The lowest BCUT2D eigenvalue weighted by Crippen LogP contribution is -2.05. The second kappa shape index (κ2) is 5.83. The highest BCUT2D eigenvalue weighted by Gasteiger charge is 2.19. The van der Waals surface area contributed by atoms with Gasteiger partial charge in [-0.1, -0.05) is 35.9 Å². The molecule has 0 radical (unpaired) electrons. The van der Waals surface area contributed by atoms with E-state index in [9.17, 15) is 5.26 Å². The topological polar surface area (TPSA) is 54.5 Å². The van der Waals surface area contributed by atoms with Gasteiger partial charge >= 0.3 is 0 Å². The van der Waals surface area contributed by atoms with E-state index in [0.717, 1.165) is 27.8 Å². The summed E-state index contributed by atoms with van der Waals surface area (Å²) in [4.78, 5) is 4.50. The number of hydrogen-bond acceptors (Lipinski definition) is 4. The van der Waals surface area contributed by atoms with E-state index >= 15 is 0 Å². The molecule has 0 aliphatic rings.